The van der Waals surface area contributed by atoms with Crippen LogP contribution in [0.2, 0.25) is 0 Å². The van der Waals surface area contributed by atoms with Crippen molar-refractivity contribution in [2.24, 2.45) is 0 Å². The van der Waals surface area contributed by atoms with Gasteiger partial charge in [-0.05, 0) is 32.6 Å². The summed E-state index contributed by atoms with van der Waals surface area (Å²) < 4.78 is 47.5. The molecule has 0 saturated heterocycles. The van der Waals surface area contributed by atoms with Crippen LogP contribution < -0.4 is 5.73 Å². The topological polar surface area (TPSA) is 103 Å². The van der Waals surface area contributed by atoms with Crippen LogP contribution >= 0.6 is 0 Å². The molecule has 2 aliphatic rings. The van der Waals surface area contributed by atoms with Gasteiger partial charge in [0.25, 0.3) is 0 Å². The highest BCUT2D eigenvalue weighted by atomic mass is 19.4. The smallest absolute Gasteiger partial charge is 0.388 e. The zero-order chi connectivity index (χ0) is 19.8. The summed E-state index contributed by atoms with van der Waals surface area (Å²) in [4.78, 5) is 8.09. The van der Waals surface area contributed by atoms with E-state index in [-0.39, 0.29) is 30.2 Å². The predicted octanol–water partition coefficient (Wildman–Crippen LogP) is 3.65. The molecule has 0 bridgehead atoms. The van der Waals surface area contributed by atoms with E-state index >= 15 is 0 Å². The number of anilines is 1. The third-order valence-corrected chi connectivity index (χ3v) is 5.70. The van der Waals surface area contributed by atoms with Crippen molar-refractivity contribution in [3.05, 3.63) is 23.3 Å². The van der Waals surface area contributed by atoms with E-state index in [9.17, 15) is 18.3 Å². The van der Waals surface area contributed by atoms with Gasteiger partial charge in [-0.25, -0.2) is 9.97 Å². The van der Waals surface area contributed by atoms with Gasteiger partial charge in [0, 0.05) is 17.2 Å². The molecule has 3 heterocycles. The van der Waals surface area contributed by atoms with Crippen molar-refractivity contribution in [1.82, 2.24) is 19.7 Å². The summed E-state index contributed by atoms with van der Waals surface area (Å²) >= 11 is 0. The highest BCUT2D eigenvalue weighted by molar-refractivity contribution is 6.02. The van der Waals surface area contributed by atoms with Gasteiger partial charge in [-0.3, -0.25) is 0 Å². The molecule has 28 heavy (non-hydrogen) atoms. The molecule has 0 aromatic carbocycles. The van der Waals surface area contributed by atoms with Crippen LogP contribution in [0, 0.1) is 0 Å². The molecule has 7 nitrogen and oxygen atoms in total. The van der Waals surface area contributed by atoms with Gasteiger partial charge in [-0.15, -0.1) is 0 Å². The summed E-state index contributed by atoms with van der Waals surface area (Å²) in [6, 6.07) is -1.82. The molecule has 0 aliphatic heterocycles. The number of rotatable bonds is 2. The second kappa shape index (κ2) is 5.69. The summed E-state index contributed by atoms with van der Waals surface area (Å²) in [5.41, 5.74) is 7.90. The SMILES string of the molecule is C[C@@H](n1c2c(c3c(N)ncnc31)-c1noc(C3CC3)c1[C@@H](O)CC2)C(F)(F)F. The number of nitrogens with zero attached hydrogens (tertiary/aromatic N) is 4. The van der Waals surface area contributed by atoms with Gasteiger partial charge in [0.2, 0.25) is 0 Å². The quantitative estimate of drug-likeness (QED) is 0.689. The Morgan fingerprint density at radius 1 is 1.29 bits per heavy atom. The highest BCUT2D eigenvalue weighted by Crippen LogP contribution is 2.51. The number of fused-ring (bicyclic) bond motifs is 5. The lowest BCUT2D eigenvalue weighted by atomic mass is 10.0. The molecule has 5 rings (SSSR count). The minimum atomic E-state index is -4.48. The van der Waals surface area contributed by atoms with Crippen LogP contribution in [0.3, 0.4) is 0 Å². The maximum atomic E-state index is 13.6. The van der Waals surface area contributed by atoms with Gasteiger partial charge in [-0.2, -0.15) is 13.2 Å². The minimum absolute atomic E-state index is 0.0766. The molecule has 1 saturated carbocycles. The van der Waals surface area contributed by atoms with E-state index in [4.69, 9.17) is 10.3 Å². The zero-order valence-electron chi connectivity index (χ0n) is 15.0. The Balaban J connectivity index is 1.87. The molecule has 0 unspecified atom stereocenters. The summed E-state index contributed by atoms with van der Waals surface area (Å²) in [6.07, 6.45) is -1.80. The molecular formula is C18H18F3N5O2. The first-order valence-electron chi connectivity index (χ1n) is 9.16. The standard InChI is InChI=1S/C18H18F3N5O2/c1-7(18(19,20)21)26-9-4-5-10(27)12-14(25-28-15(12)8-2-3-8)11(9)13-16(22)23-6-24-17(13)26/h6-8,10,27H,2-5H2,1H3,(H2,22,23,24)/t7-,10+/m1/s1. The van der Waals surface area contributed by atoms with Crippen molar-refractivity contribution in [3.63, 3.8) is 0 Å². The van der Waals surface area contributed by atoms with Crippen LogP contribution in [0.4, 0.5) is 19.0 Å². The van der Waals surface area contributed by atoms with Crippen molar-refractivity contribution in [3.8, 4) is 11.3 Å². The van der Waals surface area contributed by atoms with Crippen LogP contribution in [0.1, 0.15) is 61.3 Å². The Morgan fingerprint density at radius 2 is 2.04 bits per heavy atom. The van der Waals surface area contributed by atoms with E-state index in [2.05, 4.69) is 15.1 Å². The Bertz CT molecular complexity index is 1080. The highest BCUT2D eigenvalue weighted by Gasteiger charge is 2.43. The molecule has 10 heteroatoms. The number of hydrogen-bond acceptors (Lipinski definition) is 6. The molecular weight excluding hydrogens is 375 g/mol. The Kier molecular flexibility index (Phi) is 3.55. The van der Waals surface area contributed by atoms with Crippen molar-refractivity contribution in [2.45, 2.75) is 56.8 Å². The number of nitrogens with two attached hydrogens (primary N) is 1. The first-order chi connectivity index (χ1) is 13.3. The van der Waals surface area contributed by atoms with Crippen LogP contribution in [-0.2, 0) is 6.42 Å². The normalized spacial score (nSPS) is 20.7. The summed E-state index contributed by atoms with van der Waals surface area (Å²) in [5.74, 6) is 0.895. The third kappa shape index (κ3) is 2.36. The average molecular weight is 393 g/mol. The van der Waals surface area contributed by atoms with Gasteiger partial charge in [-0.1, -0.05) is 5.16 Å². The van der Waals surface area contributed by atoms with Crippen LogP contribution in [0.5, 0.6) is 0 Å². The summed E-state index contributed by atoms with van der Waals surface area (Å²) in [6.45, 7) is 1.08. The number of hydrogen-bond donors (Lipinski definition) is 2. The van der Waals surface area contributed by atoms with Crippen LogP contribution in [0.15, 0.2) is 10.9 Å². The lowest BCUT2D eigenvalue weighted by Crippen LogP contribution is -2.25. The van der Waals surface area contributed by atoms with E-state index in [0.29, 0.717) is 33.7 Å². The van der Waals surface area contributed by atoms with Crippen molar-refractivity contribution in [1.29, 1.82) is 0 Å². The minimum Gasteiger partial charge on any atom is -0.388 e. The molecule has 3 N–H and O–H groups in total. The fourth-order valence-electron chi connectivity index (χ4n) is 4.14. The molecule has 3 aromatic rings. The number of halogens is 3. The zero-order valence-corrected chi connectivity index (χ0v) is 15.0. The fraction of sp³-hybridized carbons (Fsp3) is 0.500. The molecule has 1 fully saturated rings. The van der Waals surface area contributed by atoms with E-state index in [0.717, 1.165) is 30.7 Å². The van der Waals surface area contributed by atoms with Gasteiger partial charge in [0.15, 0.2) is 0 Å². The van der Waals surface area contributed by atoms with Gasteiger partial charge >= 0.3 is 6.18 Å². The number of alkyl halides is 3. The van der Waals surface area contributed by atoms with Gasteiger partial charge in [0.1, 0.15) is 35.3 Å². The summed E-state index contributed by atoms with van der Waals surface area (Å²) in [7, 11) is 0. The molecule has 0 amide bonds. The number of aliphatic hydroxyl groups is 1. The monoisotopic (exact) mass is 393 g/mol. The Hall–Kier alpha value is -2.62. The fourth-order valence-corrected chi connectivity index (χ4v) is 4.14. The Labute approximate surface area is 157 Å². The lowest BCUT2D eigenvalue weighted by molar-refractivity contribution is -0.162. The third-order valence-electron chi connectivity index (χ3n) is 5.70. The second-order valence-electron chi connectivity index (χ2n) is 7.50. The number of aliphatic hydroxyl groups excluding tert-OH is 1. The van der Waals surface area contributed by atoms with E-state index in [1.807, 2.05) is 0 Å². The van der Waals surface area contributed by atoms with Crippen molar-refractivity contribution >= 4 is 16.9 Å². The van der Waals surface area contributed by atoms with Crippen molar-refractivity contribution < 1.29 is 22.8 Å². The molecule has 0 radical (unpaired) electrons. The molecule has 2 atom stereocenters. The Morgan fingerprint density at radius 3 is 2.71 bits per heavy atom. The van der Waals surface area contributed by atoms with Gasteiger partial charge in [0.05, 0.1) is 17.1 Å². The maximum Gasteiger partial charge on any atom is 0.408 e. The predicted molar refractivity (Wildman–Crippen MR) is 93.5 cm³/mol. The van der Waals surface area contributed by atoms with Crippen LogP contribution in [-0.4, -0.2) is 31.0 Å². The molecule has 3 aromatic heterocycles. The largest absolute Gasteiger partial charge is 0.408 e. The van der Waals surface area contributed by atoms with E-state index < -0.39 is 18.3 Å². The summed E-state index contributed by atoms with van der Waals surface area (Å²) in [5, 5.41) is 15.2. The maximum absolute atomic E-state index is 13.6. The molecule has 2 aliphatic carbocycles. The average Bonchev–Trinajstić information content (AvgIpc) is 3.32. The van der Waals surface area contributed by atoms with Gasteiger partial charge < -0.3 is 19.9 Å². The first-order valence-corrected chi connectivity index (χ1v) is 9.16. The van der Waals surface area contributed by atoms with Crippen LogP contribution in [0.25, 0.3) is 22.3 Å². The number of aromatic nitrogens is 4. The van der Waals surface area contributed by atoms with E-state index in [1.54, 1.807) is 0 Å². The molecule has 148 valence electrons. The van der Waals surface area contributed by atoms with E-state index in [1.165, 1.54) is 0 Å². The molecule has 0 spiro atoms. The van der Waals surface area contributed by atoms with Crippen molar-refractivity contribution in [2.75, 3.05) is 5.73 Å². The number of nitrogen functional groups attached to an aromatic ring is 1. The first kappa shape index (κ1) is 17.5. The lowest BCUT2D eigenvalue weighted by Gasteiger charge is -2.21. The second-order valence-corrected chi connectivity index (χ2v) is 7.50.